The smallest absolute Gasteiger partial charge is 0.488 e. The SMILES string of the molecule is COc1ccc(C(OC[C@H]2O[C@@H](n3cnc4c(N=C(C)N(C)C)[nH]c(=O)nc43)C[C@@H]2O[P+](=O)[O-])(c2ccccc2)c2ccc(OC)cc2)cc1. The summed E-state index contributed by atoms with van der Waals surface area (Å²) in [6, 6.07) is 24.8. The molecule has 0 saturated carbocycles. The van der Waals surface area contributed by atoms with Gasteiger partial charge in [-0.25, -0.2) is 14.8 Å². The van der Waals surface area contributed by atoms with E-state index in [-0.39, 0.29) is 24.5 Å². The first kappa shape index (κ1) is 34.9. The molecule has 1 N–H and O–H groups in total. The van der Waals surface area contributed by atoms with Gasteiger partial charge < -0.3 is 28.7 Å². The molecule has 15 heteroatoms. The Kier molecular flexibility index (Phi) is 10.4. The maximum atomic E-state index is 12.6. The number of imidazole rings is 1. The van der Waals surface area contributed by atoms with Crippen molar-refractivity contribution in [3.05, 3.63) is 112 Å². The van der Waals surface area contributed by atoms with Crippen LogP contribution in [0.3, 0.4) is 0 Å². The summed E-state index contributed by atoms with van der Waals surface area (Å²) in [5.41, 5.74) is 1.18. The average Bonchev–Trinajstić information content (AvgIpc) is 3.73. The Morgan fingerprint density at radius 3 is 2.18 bits per heavy atom. The lowest BCUT2D eigenvalue weighted by atomic mass is 9.80. The number of aromatic amines is 1. The summed E-state index contributed by atoms with van der Waals surface area (Å²) in [6.07, 6.45) is -0.979. The maximum absolute atomic E-state index is 12.6. The highest BCUT2D eigenvalue weighted by Crippen LogP contribution is 2.44. The molecule has 0 radical (unpaired) electrons. The third-order valence-corrected chi connectivity index (χ3v) is 9.14. The highest BCUT2D eigenvalue weighted by atomic mass is 31.1. The zero-order valence-corrected chi connectivity index (χ0v) is 29.1. The van der Waals surface area contributed by atoms with E-state index < -0.39 is 38.0 Å². The van der Waals surface area contributed by atoms with Gasteiger partial charge in [0.05, 0.1) is 27.2 Å². The lowest BCUT2D eigenvalue weighted by Crippen LogP contribution is -2.38. The highest BCUT2D eigenvalue weighted by molar-refractivity contribution is 7.30. The number of amidine groups is 1. The number of H-pyrrole nitrogens is 1. The molecule has 1 unspecified atom stereocenters. The van der Waals surface area contributed by atoms with Gasteiger partial charge in [0.15, 0.2) is 17.0 Å². The quantitative estimate of drug-likeness (QED) is 0.0846. The number of methoxy groups -OCH3 is 2. The van der Waals surface area contributed by atoms with Gasteiger partial charge in [0.25, 0.3) is 0 Å². The van der Waals surface area contributed by atoms with Gasteiger partial charge in [-0.05, 0) is 52.4 Å². The Morgan fingerprint density at radius 2 is 1.62 bits per heavy atom. The van der Waals surface area contributed by atoms with Crippen LogP contribution in [0.15, 0.2) is 95.0 Å². The van der Waals surface area contributed by atoms with Crippen molar-refractivity contribution in [1.29, 1.82) is 0 Å². The number of fused-ring (bicyclic) bond motifs is 1. The fourth-order valence-corrected chi connectivity index (χ4v) is 6.44. The molecule has 14 nitrogen and oxygen atoms in total. The molecule has 0 amide bonds. The zero-order valence-electron chi connectivity index (χ0n) is 28.2. The Balaban J connectivity index is 1.40. The van der Waals surface area contributed by atoms with Crippen molar-refractivity contribution < 1.29 is 32.9 Å². The van der Waals surface area contributed by atoms with Crippen LogP contribution in [0.5, 0.6) is 11.5 Å². The van der Waals surface area contributed by atoms with Crippen LogP contribution in [0, 0.1) is 0 Å². The zero-order chi connectivity index (χ0) is 35.4. The molecule has 1 aliphatic rings. The number of aromatic nitrogens is 4. The molecule has 5 aromatic rings. The number of hydrogen-bond donors (Lipinski definition) is 1. The minimum absolute atomic E-state index is 0.0878. The number of rotatable bonds is 12. The van der Waals surface area contributed by atoms with Crippen molar-refractivity contribution in [2.75, 3.05) is 34.9 Å². The lowest BCUT2D eigenvalue weighted by Gasteiger charge is -2.37. The van der Waals surface area contributed by atoms with Gasteiger partial charge in [-0.2, -0.15) is 4.98 Å². The van der Waals surface area contributed by atoms with Gasteiger partial charge in [-0.1, -0.05) is 54.6 Å². The number of nitrogens with zero attached hydrogens (tertiary/aromatic N) is 5. The van der Waals surface area contributed by atoms with Crippen LogP contribution in [0.1, 0.15) is 36.3 Å². The van der Waals surface area contributed by atoms with Crippen molar-refractivity contribution in [2.24, 2.45) is 4.99 Å². The molecule has 0 spiro atoms. The van der Waals surface area contributed by atoms with Gasteiger partial charge >= 0.3 is 13.9 Å². The Labute approximate surface area is 289 Å². The summed E-state index contributed by atoms with van der Waals surface area (Å²) in [7, 11) is 3.63. The summed E-state index contributed by atoms with van der Waals surface area (Å²) in [4.78, 5) is 42.1. The van der Waals surface area contributed by atoms with E-state index in [1.165, 1.54) is 6.33 Å². The predicted molar refractivity (Wildman–Crippen MR) is 184 cm³/mol. The Bertz CT molecular complexity index is 1990. The molecule has 260 valence electrons. The lowest BCUT2D eigenvalue weighted by molar-refractivity contribution is -0.192. The molecule has 0 bridgehead atoms. The van der Waals surface area contributed by atoms with E-state index >= 15 is 0 Å². The van der Waals surface area contributed by atoms with Crippen LogP contribution in [0.2, 0.25) is 0 Å². The largest absolute Gasteiger partial charge is 0.566 e. The molecule has 6 rings (SSSR count). The molecular weight excluding hydrogens is 663 g/mol. The first-order chi connectivity index (χ1) is 24.1. The topological polar surface area (TPSA) is 165 Å². The fourth-order valence-electron chi connectivity index (χ4n) is 5.99. The van der Waals surface area contributed by atoms with Crippen molar-refractivity contribution in [1.82, 2.24) is 24.4 Å². The van der Waals surface area contributed by atoms with Gasteiger partial charge in [-0.3, -0.25) is 9.55 Å². The Morgan fingerprint density at radius 1 is 1.02 bits per heavy atom. The minimum atomic E-state index is -3.24. The van der Waals surface area contributed by atoms with Gasteiger partial charge in [0, 0.05) is 20.5 Å². The molecule has 3 aromatic carbocycles. The normalized spacial score (nSPS) is 18.3. The van der Waals surface area contributed by atoms with Crippen LogP contribution in [0.25, 0.3) is 11.2 Å². The van der Waals surface area contributed by atoms with Crippen LogP contribution < -0.4 is 20.1 Å². The summed E-state index contributed by atoms with van der Waals surface area (Å²) in [6.45, 7) is 1.71. The molecule has 1 fully saturated rings. The van der Waals surface area contributed by atoms with Crippen molar-refractivity contribution in [3.8, 4) is 11.5 Å². The van der Waals surface area contributed by atoms with Gasteiger partial charge in [0.2, 0.25) is 0 Å². The monoisotopic (exact) mass is 700 g/mol. The van der Waals surface area contributed by atoms with E-state index in [0.29, 0.717) is 22.9 Å². The first-order valence-corrected chi connectivity index (χ1v) is 16.9. The third kappa shape index (κ3) is 7.02. The molecular formula is C35H37N6O8P. The minimum Gasteiger partial charge on any atom is -0.566 e. The van der Waals surface area contributed by atoms with Crippen molar-refractivity contribution in [2.45, 2.75) is 37.4 Å². The average molecular weight is 701 g/mol. The van der Waals surface area contributed by atoms with Crippen molar-refractivity contribution in [3.63, 3.8) is 0 Å². The number of ether oxygens (including phenoxy) is 4. The van der Waals surface area contributed by atoms with Gasteiger partial charge in [0.1, 0.15) is 41.4 Å². The summed E-state index contributed by atoms with van der Waals surface area (Å²) in [5.74, 6) is 2.22. The van der Waals surface area contributed by atoms with Crippen LogP contribution in [-0.2, 0) is 24.2 Å². The van der Waals surface area contributed by atoms with Crippen molar-refractivity contribution >= 4 is 31.1 Å². The second-order valence-electron chi connectivity index (χ2n) is 11.8. The second kappa shape index (κ2) is 14.9. The Hall–Kier alpha value is -4.98. The van der Waals surface area contributed by atoms with E-state index in [0.717, 1.165) is 16.7 Å². The first-order valence-electron chi connectivity index (χ1n) is 15.8. The fraction of sp³-hybridized carbons (Fsp3) is 0.314. The number of aliphatic imine (C=N–C) groups is 1. The molecule has 4 atom stereocenters. The van der Waals surface area contributed by atoms with Crippen LogP contribution in [0.4, 0.5) is 5.82 Å². The van der Waals surface area contributed by atoms with E-state index in [1.54, 1.807) is 30.6 Å². The molecule has 2 aromatic heterocycles. The molecule has 3 heterocycles. The molecule has 1 saturated heterocycles. The van der Waals surface area contributed by atoms with Crippen LogP contribution >= 0.6 is 8.25 Å². The number of benzene rings is 3. The number of nitrogens with one attached hydrogen (secondary N) is 1. The predicted octanol–water partition coefficient (Wildman–Crippen LogP) is 4.45. The summed E-state index contributed by atoms with van der Waals surface area (Å²) >= 11 is 0. The van der Waals surface area contributed by atoms with E-state index in [1.807, 2.05) is 93.0 Å². The second-order valence-corrected chi connectivity index (χ2v) is 12.5. The van der Waals surface area contributed by atoms with Gasteiger partial charge in [-0.15, -0.1) is 4.52 Å². The van der Waals surface area contributed by atoms with E-state index in [9.17, 15) is 14.3 Å². The molecule has 0 aliphatic carbocycles. The molecule has 1 aliphatic heterocycles. The summed E-state index contributed by atoms with van der Waals surface area (Å²) in [5, 5.41) is 0. The maximum Gasteiger partial charge on any atom is 0.488 e. The molecule has 50 heavy (non-hydrogen) atoms. The third-order valence-electron chi connectivity index (χ3n) is 8.70. The highest BCUT2D eigenvalue weighted by Gasteiger charge is 2.45. The number of hydrogen-bond acceptors (Lipinski definition) is 11. The van der Waals surface area contributed by atoms with E-state index in [4.69, 9.17) is 23.5 Å². The van der Waals surface area contributed by atoms with E-state index in [2.05, 4.69) is 19.9 Å². The summed E-state index contributed by atoms with van der Waals surface area (Å²) < 4.78 is 43.3. The standard InChI is InChI=1S/C35H37N6O8P/c1-22(40(2)3)37-32-31-33(39-34(42)38-32)41(21-36-31)30-19-28(49-50(43)44)29(48-30)20-47-35(23-9-7-6-8-10-23,24-11-15-26(45-4)16-12-24)25-13-17-27(46-5)18-14-25/h6-18,21,28-30H,19-20H2,1-5H3,(H,38,39,42)/t28-,29+,30+/m0/s1. The van der Waals surface area contributed by atoms with Crippen LogP contribution in [-0.4, -0.2) is 77.4 Å².